The fourth-order valence-corrected chi connectivity index (χ4v) is 2.09. The van der Waals surface area contributed by atoms with Crippen LogP contribution in [0.5, 0.6) is 0 Å². The van der Waals surface area contributed by atoms with E-state index in [-0.39, 0.29) is 12.3 Å². The van der Waals surface area contributed by atoms with E-state index in [0.717, 1.165) is 27.7 Å². The maximum atomic E-state index is 12.0. The first-order chi connectivity index (χ1) is 9.70. The number of benzene rings is 1. The zero-order valence-electron chi connectivity index (χ0n) is 12.6. The fraction of sp³-hybridized carbons (Fsp3) is 0.375. The van der Waals surface area contributed by atoms with E-state index in [1.165, 1.54) is 13.8 Å². The number of rotatable bonds is 4. The van der Waals surface area contributed by atoms with Crippen LogP contribution in [0.3, 0.4) is 0 Å². The first-order valence-electron chi connectivity index (χ1n) is 6.72. The SMILES string of the molecule is Cc1cc2occ(CC(=O)NC(C)(C)C(=O)O)c2cc1C. The lowest BCUT2D eigenvalue weighted by Gasteiger charge is -2.20. The Morgan fingerprint density at radius 1 is 1.24 bits per heavy atom. The summed E-state index contributed by atoms with van der Waals surface area (Å²) in [5.74, 6) is -1.41. The van der Waals surface area contributed by atoms with Crippen LogP contribution in [-0.2, 0) is 16.0 Å². The number of furan rings is 1. The van der Waals surface area contributed by atoms with Crippen molar-refractivity contribution in [2.45, 2.75) is 39.7 Å². The minimum Gasteiger partial charge on any atom is -0.480 e. The molecule has 2 N–H and O–H groups in total. The third-order valence-corrected chi connectivity index (χ3v) is 3.61. The van der Waals surface area contributed by atoms with Gasteiger partial charge in [-0.1, -0.05) is 0 Å². The highest BCUT2D eigenvalue weighted by Gasteiger charge is 2.29. The summed E-state index contributed by atoms with van der Waals surface area (Å²) in [5, 5.41) is 12.4. The standard InChI is InChI=1S/C16H19NO4/c1-9-5-12-11(8-21-13(12)6-10(9)2)7-14(18)17-16(3,4)15(19)20/h5-6,8H,7H2,1-4H3,(H,17,18)(H,19,20). The summed E-state index contributed by atoms with van der Waals surface area (Å²) in [6.45, 7) is 6.90. The fourth-order valence-electron chi connectivity index (χ4n) is 2.09. The van der Waals surface area contributed by atoms with Crippen molar-refractivity contribution in [2.24, 2.45) is 0 Å². The molecule has 1 amide bonds. The molecule has 0 fully saturated rings. The number of carbonyl (C=O) groups is 2. The highest BCUT2D eigenvalue weighted by molar-refractivity contribution is 5.91. The summed E-state index contributed by atoms with van der Waals surface area (Å²) in [6, 6.07) is 3.92. The Morgan fingerprint density at radius 3 is 2.48 bits per heavy atom. The van der Waals surface area contributed by atoms with Crippen molar-refractivity contribution >= 4 is 22.8 Å². The van der Waals surface area contributed by atoms with Gasteiger partial charge in [0, 0.05) is 10.9 Å². The van der Waals surface area contributed by atoms with E-state index in [0.29, 0.717) is 0 Å². The molecule has 2 aromatic rings. The molecule has 5 heteroatoms. The van der Waals surface area contributed by atoms with Crippen LogP contribution in [0.1, 0.15) is 30.5 Å². The summed E-state index contributed by atoms with van der Waals surface area (Å²) in [7, 11) is 0. The largest absolute Gasteiger partial charge is 0.480 e. The zero-order valence-corrected chi connectivity index (χ0v) is 12.6. The van der Waals surface area contributed by atoms with Crippen molar-refractivity contribution in [2.75, 3.05) is 0 Å². The number of aliphatic carboxylic acids is 1. The van der Waals surface area contributed by atoms with Crippen LogP contribution in [0.15, 0.2) is 22.8 Å². The highest BCUT2D eigenvalue weighted by atomic mass is 16.4. The van der Waals surface area contributed by atoms with E-state index in [2.05, 4.69) is 5.32 Å². The van der Waals surface area contributed by atoms with Gasteiger partial charge in [-0.3, -0.25) is 4.79 Å². The summed E-state index contributed by atoms with van der Waals surface area (Å²) in [4.78, 5) is 23.0. The van der Waals surface area contributed by atoms with Gasteiger partial charge in [0.25, 0.3) is 0 Å². The van der Waals surface area contributed by atoms with Gasteiger partial charge in [-0.2, -0.15) is 0 Å². The quantitative estimate of drug-likeness (QED) is 0.906. The number of amides is 1. The lowest BCUT2D eigenvalue weighted by Crippen LogP contribution is -2.50. The topological polar surface area (TPSA) is 79.5 Å². The van der Waals surface area contributed by atoms with Crippen molar-refractivity contribution in [3.8, 4) is 0 Å². The summed E-state index contributed by atoms with van der Waals surface area (Å²) < 4.78 is 5.47. The Bertz CT molecular complexity index is 712. The molecule has 112 valence electrons. The number of hydrogen-bond acceptors (Lipinski definition) is 3. The first-order valence-corrected chi connectivity index (χ1v) is 6.72. The molecule has 0 saturated carbocycles. The highest BCUT2D eigenvalue weighted by Crippen LogP contribution is 2.25. The van der Waals surface area contributed by atoms with E-state index in [1.54, 1.807) is 6.26 Å². The minimum atomic E-state index is -1.29. The van der Waals surface area contributed by atoms with E-state index < -0.39 is 11.5 Å². The summed E-state index contributed by atoms with van der Waals surface area (Å²) in [5.41, 5.74) is 2.45. The summed E-state index contributed by atoms with van der Waals surface area (Å²) >= 11 is 0. The summed E-state index contributed by atoms with van der Waals surface area (Å²) in [6.07, 6.45) is 1.64. The molecule has 5 nitrogen and oxygen atoms in total. The lowest BCUT2D eigenvalue weighted by atomic mass is 10.0. The number of nitrogens with one attached hydrogen (secondary N) is 1. The number of aryl methyl sites for hydroxylation is 2. The Balaban J connectivity index is 2.22. The van der Waals surface area contributed by atoms with Crippen LogP contribution in [0.2, 0.25) is 0 Å². The minimum absolute atomic E-state index is 0.0895. The third kappa shape index (κ3) is 3.07. The molecular formula is C16H19NO4. The maximum absolute atomic E-state index is 12.0. The second kappa shape index (κ2) is 5.24. The normalized spacial score (nSPS) is 11.6. The Morgan fingerprint density at radius 2 is 1.86 bits per heavy atom. The molecule has 0 aliphatic carbocycles. The second-order valence-corrected chi connectivity index (χ2v) is 5.85. The van der Waals surface area contributed by atoms with Crippen molar-refractivity contribution in [1.82, 2.24) is 5.32 Å². The molecule has 0 atom stereocenters. The molecule has 21 heavy (non-hydrogen) atoms. The van der Waals surface area contributed by atoms with E-state index >= 15 is 0 Å². The number of fused-ring (bicyclic) bond motifs is 1. The second-order valence-electron chi connectivity index (χ2n) is 5.85. The molecule has 1 aromatic heterocycles. The van der Waals surface area contributed by atoms with E-state index in [4.69, 9.17) is 9.52 Å². The van der Waals surface area contributed by atoms with E-state index in [9.17, 15) is 9.59 Å². The van der Waals surface area contributed by atoms with Crippen molar-refractivity contribution in [3.05, 3.63) is 35.1 Å². The molecule has 1 aromatic carbocycles. The third-order valence-electron chi connectivity index (χ3n) is 3.61. The molecule has 0 radical (unpaired) electrons. The van der Waals surface area contributed by atoms with Gasteiger partial charge in [-0.05, 0) is 51.0 Å². The predicted molar refractivity (Wildman–Crippen MR) is 79.2 cm³/mol. The number of carboxylic acids is 1. The predicted octanol–water partition coefficient (Wildman–Crippen LogP) is 2.57. The van der Waals surface area contributed by atoms with Crippen LogP contribution >= 0.6 is 0 Å². The van der Waals surface area contributed by atoms with Gasteiger partial charge in [0.15, 0.2) is 0 Å². The van der Waals surface area contributed by atoms with Crippen molar-refractivity contribution in [1.29, 1.82) is 0 Å². The number of hydrogen-bond donors (Lipinski definition) is 2. The van der Waals surface area contributed by atoms with Crippen LogP contribution in [0.4, 0.5) is 0 Å². The molecular weight excluding hydrogens is 270 g/mol. The molecule has 0 saturated heterocycles. The van der Waals surface area contributed by atoms with Gasteiger partial charge in [0.1, 0.15) is 11.1 Å². The maximum Gasteiger partial charge on any atom is 0.328 e. The van der Waals surface area contributed by atoms with Gasteiger partial charge in [0.2, 0.25) is 5.91 Å². The molecule has 0 spiro atoms. The van der Waals surface area contributed by atoms with Crippen LogP contribution in [0.25, 0.3) is 11.0 Å². The smallest absolute Gasteiger partial charge is 0.328 e. The van der Waals surface area contributed by atoms with Crippen LogP contribution < -0.4 is 5.32 Å². The molecule has 0 bridgehead atoms. The monoisotopic (exact) mass is 289 g/mol. The molecule has 1 heterocycles. The number of carboxylic acid groups (broad SMARTS) is 1. The Kier molecular flexibility index (Phi) is 3.77. The average Bonchev–Trinajstić information content (AvgIpc) is 2.71. The van der Waals surface area contributed by atoms with Gasteiger partial charge < -0.3 is 14.8 Å². The van der Waals surface area contributed by atoms with E-state index in [1.807, 2.05) is 26.0 Å². The Hall–Kier alpha value is -2.30. The number of carbonyl (C=O) groups excluding carboxylic acids is 1. The Labute approximate surface area is 122 Å². The van der Waals surface area contributed by atoms with Crippen LogP contribution in [-0.4, -0.2) is 22.5 Å². The lowest BCUT2D eigenvalue weighted by molar-refractivity contribution is -0.145. The van der Waals surface area contributed by atoms with Crippen LogP contribution in [0, 0.1) is 13.8 Å². The molecule has 0 unspecified atom stereocenters. The van der Waals surface area contributed by atoms with Gasteiger partial charge in [-0.25, -0.2) is 4.79 Å². The van der Waals surface area contributed by atoms with Crippen molar-refractivity contribution in [3.63, 3.8) is 0 Å². The zero-order chi connectivity index (χ0) is 15.8. The van der Waals surface area contributed by atoms with Gasteiger partial charge in [0.05, 0.1) is 12.7 Å². The van der Waals surface area contributed by atoms with Gasteiger partial charge in [-0.15, -0.1) is 0 Å². The molecule has 0 aliphatic heterocycles. The molecule has 0 aliphatic rings. The molecule has 2 rings (SSSR count). The first kappa shape index (κ1) is 15.1. The average molecular weight is 289 g/mol. The van der Waals surface area contributed by atoms with Crippen molar-refractivity contribution < 1.29 is 19.1 Å². The van der Waals surface area contributed by atoms with Gasteiger partial charge >= 0.3 is 5.97 Å².